The Balaban J connectivity index is 1.67. The summed E-state index contributed by atoms with van der Waals surface area (Å²) in [6, 6.07) is 10.7. The van der Waals surface area contributed by atoms with E-state index in [1.54, 1.807) is 43.5 Å². The van der Waals surface area contributed by atoms with Crippen molar-refractivity contribution in [2.24, 2.45) is 0 Å². The first-order chi connectivity index (χ1) is 14.4. The van der Waals surface area contributed by atoms with Gasteiger partial charge in [0.1, 0.15) is 6.61 Å². The summed E-state index contributed by atoms with van der Waals surface area (Å²) >= 11 is 13.8. The third-order valence-corrected chi connectivity index (χ3v) is 6.00. The fourth-order valence-corrected chi connectivity index (χ4v) is 3.90. The number of nitrogens with one attached hydrogen (secondary N) is 1. The Morgan fingerprint density at radius 3 is 2.53 bits per heavy atom. The zero-order valence-electron chi connectivity index (χ0n) is 16.7. The van der Waals surface area contributed by atoms with Gasteiger partial charge in [-0.25, -0.2) is 4.98 Å². The quantitative estimate of drug-likeness (QED) is 0.418. The Morgan fingerprint density at radius 2 is 1.90 bits per heavy atom. The molecule has 0 bridgehead atoms. The van der Waals surface area contributed by atoms with Crippen LogP contribution < -0.4 is 14.8 Å². The number of hydrogen-bond acceptors (Lipinski definition) is 5. The van der Waals surface area contributed by atoms with Crippen LogP contribution in [0.3, 0.4) is 0 Å². The van der Waals surface area contributed by atoms with Gasteiger partial charge in [-0.05, 0) is 49.8 Å². The molecule has 0 saturated heterocycles. The molecule has 2 aromatic carbocycles. The molecule has 30 heavy (non-hydrogen) atoms. The van der Waals surface area contributed by atoms with E-state index in [1.165, 1.54) is 17.4 Å². The fraction of sp³-hybridized carbons (Fsp3) is 0.182. The summed E-state index contributed by atoms with van der Waals surface area (Å²) in [5.74, 6) is 0.826. The van der Waals surface area contributed by atoms with E-state index in [0.29, 0.717) is 32.2 Å². The van der Waals surface area contributed by atoms with Crippen molar-refractivity contribution in [3.8, 4) is 11.5 Å². The predicted octanol–water partition coefficient (Wildman–Crippen LogP) is 6.31. The Hall–Kier alpha value is -2.54. The first-order valence-electron chi connectivity index (χ1n) is 9.04. The molecule has 0 fully saturated rings. The van der Waals surface area contributed by atoms with Gasteiger partial charge < -0.3 is 9.47 Å². The Bertz CT molecular complexity index is 1060. The number of carbonyl (C=O) groups excluding carboxylic acids is 1. The highest BCUT2D eigenvalue weighted by Gasteiger charge is 2.10. The first kappa shape index (κ1) is 22.2. The van der Waals surface area contributed by atoms with Crippen LogP contribution in [-0.2, 0) is 11.4 Å². The average molecular weight is 463 g/mol. The molecule has 1 heterocycles. The van der Waals surface area contributed by atoms with Crippen molar-refractivity contribution in [3.63, 3.8) is 0 Å². The lowest BCUT2D eigenvalue weighted by Gasteiger charge is -2.13. The second-order valence-corrected chi connectivity index (χ2v) is 8.40. The number of methoxy groups -OCH3 is 1. The zero-order chi connectivity index (χ0) is 21.7. The van der Waals surface area contributed by atoms with Crippen LogP contribution in [-0.4, -0.2) is 18.0 Å². The summed E-state index contributed by atoms with van der Waals surface area (Å²) in [4.78, 5) is 17.5. The number of halogens is 2. The van der Waals surface area contributed by atoms with Crippen molar-refractivity contribution < 1.29 is 14.3 Å². The number of carbonyl (C=O) groups is 1. The minimum atomic E-state index is -0.253. The van der Waals surface area contributed by atoms with E-state index in [-0.39, 0.29) is 12.5 Å². The Morgan fingerprint density at radius 1 is 1.17 bits per heavy atom. The normalized spacial score (nSPS) is 11.0. The van der Waals surface area contributed by atoms with Crippen LogP contribution in [0, 0.1) is 13.8 Å². The smallest absolute Gasteiger partial charge is 0.250 e. The number of hydrogen-bond donors (Lipinski definition) is 1. The number of benzene rings is 2. The Kier molecular flexibility index (Phi) is 7.37. The number of thiazole rings is 1. The standard InChI is InChI=1S/C22H20Cl2N2O3S/c1-13-14(2)30-22(25-13)26-21(27)10-8-15-7-9-19(20(11-15)28-3)29-12-16-17(23)5-4-6-18(16)24/h4-11H,12H2,1-3H3,(H,25,26,27). The first-order valence-corrected chi connectivity index (χ1v) is 10.6. The highest BCUT2D eigenvalue weighted by Crippen LogP contribution is 2.31. The van der Waals surface area contributed by atoms with E-state index in [1.807, 2.05) is 19.9 Å². The molecule has 0 aliphatic rings. The minimum absolute atomic E-state index is 0.207. The van der Waals surface area contributed by atoms with E-state index in [4.69, 9.17) is 32.7 Å². The Labute approximate surface area is 189 Å². The van der Waals surface area contributed by atoms with Gasteiger partial charge in [-0.2, -0.15) is 0 Å². The molecule has 1 N–H and O–H groups in total. The highest BCUT2D eigenvalue weighted by molar-refractivity contribution is 7.15. The SMILES string of the molecule is COc1cc(C=CC(=O)Nc2nc(C)c(C)s2)ccc1OCc1c(Cl)cccc1Cl. The molecule has 1 amide bonds. The summed E-state index contributed by atoms with van der Waals surface area (Å²) in [5, 5.41) is 4.43. The summed E-state index contributed by atoms with van der Waals surface area (Å²) in [6.07, 6.45) is 3.14. The molecule has 0 atom stereocenters. The monoisotopic (exact) mass is 462 g/mol. The molecule has 5 nitrogen and oxygen atoms in total. The van der Waals surface area contributed by atoms with Crippen LogP contribution in [0.25, 0.3) is 6.08 Å². The molecular formula is C22H20Cl2N2O3S. The lowest BCUT2D eigenvalue weighted by atomic mass is 10.2. The van der Waals surface area contributed by atoms with Gasteiger partial charge in [0.25, 0.3) is 0 Å². The van der Waals surface area contributed by atoms with E-state index in [2.05, 4.69) is 10.3 Å². The number of nitrogens with zero attached hydrogens (tertiary/aromatic N) is 1. The van der Waals surface area contributed by atoms with Gasteiger partial charge in [0.2, 0.25) is 5.91 Å². The molecule has 0 unspecified atom stereocenters. The van der Waals surface area contributed by atoms with Gasteiger partial charge in [-0.3, -0.25) is 10.1 Å². The van der Waals surface area contributed by atoms with Gasteiger partial charge in [0, 0.05) is 26.6 Å². The van der Waals surface area contributed by atoms with Gasteiger partial charge in [0.15, 0.2) is 16.6 Å². The topological polar surface area (TPSA) is 60.5 Å². The summed E-state index contributed by atoms with van der Waals surface area (Å²) in [5.41, 5.74) is 2.41. The molecule has 8 heteroatoms. The van der Waals surface area contributed by atoms with E-state index in [9.17, 15) is 4.79 Å². The number of amides is 1. The second-order valence-electron chi connectivity index (χ2n) is 6.38. The molecule has 0 spiro atoms. The third-order valence-electron chi connectivity index (χ3n) is 4.31. The molecule has 0 aliphatic carbocycles. The van der Waals surface area contributed by atoms with Crippen molar-refractivity contribution in [2.45, 2.75) is 20.5 Å². The van der Waals surface area contributed by atoms with Gasteiger partial charge in [0.05, 0.1) is 12.8 Å². The number of aryl methyl sites for hydroxylation is 2. The number of rotatable bonds is 7. The molecule has 156 valence electrons. The van der Waals surface area contributed by atoms with Crippen LogP contribution >= 0.6 is 34.5 Å². The van der Waals surface area contributed by atoms with Gasteiger partial charge in [-0.15, -0.1) is 11.3 Å². The second kappa shape index (κ2) is 9.98. The minimum Gasteiger partial charge on any atom is -0.493 e. The number of ether oxygens (including phenoxy) is 2. The van der Waals surface area contributed by atoms with Crippen molar-refractivity contribution in [1.29, 1.82) is 0 Å². The van der Waals surface area contributed by atoms with Crippen molar-refractivity contribution >= 4 is 51.7 Å². The molecule has 0 radical (unpaired) electrons. The maximum atomic E-state index is 12.1. The van der Waals surface area contributed by atoms with Crippen molar-refractivity contribution in [3.05, 3.63) is 74.2 Å². The lowest BCUT2D eigenvalue weighted by Crippen LogP contribution is -2.07. The van der Waals surface area contributed by atoms with Gasteiger partial charge >= 0.3 is 0 Å². The number of aromatic nitrogens is 1. The third kappa shape index (κ3) is 5.53. The average Bonchev–Trinajstić information content (AvgIpc) is 3.03. The van der Waals surface area contributed by atoms with E-state index in [0.717, 1.165) is 16.1 Å². The molecule has 3 rings (SSSR count). The van der Waals surface area contributed by atoms with Crippen LogP contribution in [0.2, 0.25) is 10.0 Å². The zero-order valence-corrected chi connectivity index (χ0v) is 19.0. The maximum Gasteiger partial charge on any atom is 0.250 e. The van der Waals surface area contributed by atoms with Gasteiger partial charge in [-0.1, -0.05) is 35.3 Å². The van der Waals surface area contributed by atoms with Crippen LogP contribution in [0.4, 0.5) is 5.13 Å². The molecule has 3 aromatic rings. The number of anilines is 1. The fourth-order valence-electron chi connectivity index (χ4n) is 2.57. The van der Waals surface area contributed by atoms with Crippen LogP contribution in [0.1, 0.15) is 21.7 Å². The van der Waals surface area contributed by atoms with Crippen molar-refractivity contribution in [1.82, 2.24) is 4.98 Å². The summed E-state index contributed by atoms with van der Waals surface area (Å²) in [6.45, 7) is 4.08. The summed E-state index contributed by atoms with van der Waals surface area (Å²) < 4.78 is 11.3. The lowest BCUT2D eigenvalue weighted by molar-refractivity contribution is -0.111. The molecule has 1 aromatic heterocycles. The van der Waals surface area contributed by atoms with E-state index < -0.39 is 0 Å². The highest BCUT2D eigenvalue weighted by atomic mass is 35.5. The summed E-state index contributed by atoms with van der Waals surface area (Å²) in [7, 11) is 1.55. The molecule has 0 saturated carbocycles. The molecule has 0 aliphatic heterocycles. The maximum absolute atomic E-state index is 12.1. The predicted molar refractivity (Wildman–Crippen MR) is 123 cm³/mol. The van der Waals surface area contributed by atoms with Crippen LogP contribution in [0.15, 0.2) is 42.5 Å². The van der Waals surface area contributed by atoms with Crippen molar-refractivity contribution in [2.75, 3.05) is 12.4 Å². The largest absolute Gasteiger partial charge is 0.493 e. The van der Waals surface area contributed by atoms with Crippen LogP contribution in [0.5, 0.6) is 11.5 Å². The molecular weight excluding hydrogens is 443 g/mol. The van der Waals surface area contributed by atoms with E-state index >= 15 is 0 Å².